The fourth-order valence-electron chi connectivity index (χ4n) is 2.46. The van der Waals surface area contributed by atoms with E-state index in [0.29, 0.717) is 18.9 Å². The Bertz CT molecular complexity index is 875. The van der Waals surface area contributed by atoms with Crippen molar-refractivity contribution >= 4 is 28.8 Å². The maximum absolute atomic E-state index is 12.5. The topological polar surface area (TPSA) is 63.9 Å². The lowest BCUT2D eigenvalue weighted by Crippen LogP contribution is -2.33. The number of amides is 1. The molecule has 25 heavy (non-hydrogen) atoms. The molecular formula is C17H18ClN5OS. The van der Waals surface area contributed by atoms with Gasteiger partial charge in [0.2, 0.25) is 11.7 Å². The maximum Gasteiger partial charge on any atom is 0.246 e. The third kappa shape index (κ3) is 4.24. The minimum atomic E-state index is -0.0549. The van der Waals surface area contributed by atoms with Crippen molar-refractivity contribution in [2.24, 2.45) is 0 Å². The standard InChI is InChI=1S/C17H18ClN5OS/c1-3-22(10-13-8-9-15(18)25-13)16(24)11-23-20-17(19-21-23)14-7-5-4-6-12(14)2/h4-9H,3,10-11H2,1-2H3. The highest BCUT2D eigenvalue weighted by Crippen LogP contribution is 2.23. The van der Waals surface area contributed by atoms with Crippen molar-refractivity contribution in [2.45, 2.75) is 26.9 Å². The van der Waals surface area contributed by atoms with Crippen LogP contribution in [-0.2, 0) is 17.9 Å². The first-order valence-electron chi connectivity index (χ1n) is 7.92. The molecule has 0 spiro atoms. The monoisotopic (exact) mass is 375 g/mol. The summed E-state index contributed by atoms with van der Waals surface area (Å²) in [5.41, 5.74) is 1.99. The van der Waals surface area contributed by atoms with Crippen LogP contribution in [0.4, 0.5) is 0 Å². The average molecular weight is 376 g/mol. The lowest BCUT2D eigenvalue weighted by molar-refractivity contribution is -0.132. The van der Waals surface area contributed by atoms with Crippen LogP contribution in [0.15, 0.2) is 36.4 Å². The first kappa shape index (κ1) is 17.6. The molecule has 2 heterocycles. The first-order valence-corrected chi connectivity index (χ1v) is 9.12. The maximum atomic E-state index is 12.5. The van der Waals surface area contributed by atoms with Gasteiger partial charge in [-0.15, -0.1) is 21.5 Å². The van der Waals surface area contributed by atoms with E-state index in [0.717, 1.165) is 20.3 Å². The summed E-state index contributed by atoms with van der Waals surface area (Å²) in [6, 6.07) is 11.6. The molecule has 6 nitrogen and oxygen atoms in total. The molecule has 0 saturated heterocycles. The average Bonchev–Trinajstić information content (AvgIpc) is 3.22. The third-order valence-electron chi connectivity index (χ3n) is 3.83. The zero-order valence-electron chi connectivity index (χ0n) is 14.0. The van der Waals surface area contributed by atoms with Crippen molar-refractivity contribution < 1.29 is 4.79 Å². The zero-order valence-corrected chi connectivity index (χ0v) is 15.6. The Morgan fingerprint density at radius 2 is 2.08 bits per heavy atom. The summed E-state index contributed by atoms with van der Waals surface area (Å²) in [6.07, 6.45) is 0. The smallest absolute Gasteiger partial charge is 0.246 e. The van der Waals surface area contributed by atoms with Gasteiger partial charge >= 0.3 is 0 Å². The van der Waals surface area contributed by atoms with Crippen LogP contribution in [0.3, 0.4) is 0 Å². The van der Waals surface area contributed by atoms with Gasteiger partial charge in [0, 0.05) is 17.0 Å². The van der Waals surface area contributed by atoms with E-state index in [4.69, 9.17) is 11.6 Å². The second-order valence-electron chi connectivity index (χ2n) is 5.57. The van der Waals surface area contributed by atoms with Crippen molar-refractivity contribution in [2.75, 3.05) is 6.54 Å². The highest BCUT2D eigenvalue weighted by Gasteiger charge is 2.16. The number of hydrogen-bond acceptors (Lipinski definition) is 5. The van der Waals surface area contributed by atoms with Gasteiger partial charge in [-0.3, -0.25) is 4.79 Å². The molecule has 0 aliphatic carbocycles. The molecular weight excluding hydrogens is 358 g/mol. The Morgan fingerprint density at radius 3 is 2.76 bits per heavy atom. The number of halogens is 1. The van der Waals surface area contributed by atoms with Gasteiger partial charge in [0.15, 0.2) is 0 Å². The molecule has 2 aromatic heterocycles. The van der Waals surface area contributed by atoms with Gasteiger partial charge in [-0.25, -0.2) is 0 Å². The highest BCUT2D eigenvalue weighted by atomic mass is 35.5. The van der Waals surface area contributed by atoms with E-state index in [1.165, 1.54) is 16.1 Å². The van der Waals surface area contributed by atoms with Crippen molar-refractivity contribution in [3.8, 4) is 11.4 Å². The van der Waals surface area contributed by atoms with E-state index < -0.39 is 0 Å². The predicted molar refractivity (Wildman–Crippen MR) is 98.4 cm³/mol. The van der Waals surface area contributed by atoms with Gasteiger partial charge in [0.05, 0.1) is 10.9 Å². The molecule has 130 valence electrons. The van der Waals surface area contributed by atoms with Crippen LogP contribution < -0.4 is 0 Å². The Kier molecular flexibility index (Phi) is 5.45. The summed E-state index contributed by atoms with van der Waals surface area (Å²) in [4.78, 5) is 16.7. The molecule has 3 aromatic rings. The highest BCUT2D eigenvalue weighted by molar-refractivity contribution is 7.16. The zero-order chi connectivity index (χ0) is 17.8. The second-order valence-corrected chi connectivity index (χ2v) is 7.37. The van der Waals surface area contributed by atoms with Gasteiger partial charge in [-0.05, 0) is 36.8 Å². The molecule has 3 rings (SSSR count). The lowest BCUT2D eigenvalue weighted by atomic mass is 10.1. The van der Waals surface area contributed by atoms with Crippen LogP contribution in [0.5, 0.6) is 0 Å². The van der Waals surface area contributed by atoms with Gasteiger partial charge in [-0.2, -0.15) is 4.80 Å². The Balaban J connectivity index is 1.69. The Hall–Kier alpha value is -2.25. The molecule has 0 fully saturated rings. The van der Waals surface area contributed by atoms with E-state index in [1.54, 1.807) is 4.90 Å². The van der Waals surface area contributed by atoms with Crippen LogP contribution in [0.25, 0.3) is 11.4 Å². The van der Waals surface area contributed by atoms with Gasteiger partial charge < -0.3 is 4.90 Å². The number of benzene rings is 1. The number of hydrogen-bond donors (Lipinski definition) is 0. The molecule has 0 bridgehead atoms. The van der Waals surface area contributed by atoms with Crippen LogP contribution in [0.2, 0.25) is 4.34 Å². The molecule has 0 aliphatic heterocycles. The minimum absolute atomic E-state index is 0.0549. The predicted octanol–water partition coefficient (Wildman–Crippen LogP) is 3.41. The van der Waals surface area contributed by atoms with Gasteiger partial charge in [0.25, 0.3) is 0 Å². The molecule has 8 heteroatoms. The number of thiophene rings is 1. The molecule has 0 aliphatic rings. The first-order chi connectivity index (χ1) is 12.1. The largest absolute Gasteiger partial charge is 0.336 e. The van der Waals surface area contributed by atoms with Crippen LogP contribution in [0.1, 0.15) is 17.4 Å². The normalized spacial score (nSPS) is 10.8. The van der Waals surface area contributed by atoms with E-state index in [2.05, 4.69) is 15.4 Å². The molecule has 0 atom stereocenters. The summed E-state index contributed by atoms with van der Waals surface area (Å²) < 4.78 is 0.722. The van der Waals surface area contributed by atoms with Crippen molar-refractivity contribution in [3.05, 3.63) is 51.2 Å². The number of tetrazole rings is 1. The van der Waals surface area contributed by atoms with E-state index in [9.17, 15) is 4.79 Å². The summed E-state index contributed by atoms with van der Waals surface area (Å²) in [6.45, 7) is 5.14. The van der Waals surface area contributed by atoms with Crippen molar-refractivity contribution in [1.82, 2.24) is 25.1 Å². The van der Waals surface area contributed by atoms with E-state index in [1.807, 2.05) is 50.2 Å². The summed E-state index contributed by atoms with van der Waals surface area (Å²) >= 11 is 7.43. The van der Waals surface area contributed by atoms with Crippen LogP contribution in [-0.4, -0.2) is 37.6 Å². The quantitative estimate of drug-likeness (QED) is 0.662. The fourth-order valence-corrected chi connectivity index (χ4v) is 3.57. The SMILES string of the molecule is CCN(Cc1ccc(Cl)s1)C(=O)Cn1nnc(-c2ccccc2C)n1. The molecule has 0 N–H and O–H groups in total. The number of rotatable bonds is 6. The number of nitrogens with zero attached hydrogens (tertiary/aromatic N) is 5. The fraction of sp³-hybridized carbons (Fsp3) is 0.294. The number of likely N-dealkylation sites (N-methyl/N-ethyl adjacent to an activating group) is 1. The Morgan fingerprint density at radius 1 is 1.28 bits per heavy atom. The molecule has 0 saturated carbocycles. The van der Waals surface area contributed by atoms with Crippen molar-refractivity contribution in [3.63, 3.8) is 0 Å². The Labute approximate surface area is 155 Å². The van der Waals surface area contributed by atoms with E-state index in [-0.39, 0.29) is 12.5 Å². The van der Waals surface area contributed by atoms with E-state index >= 15 is 0 Å². The number of aromatic nitrogens is 4. The minimum Gasteiger partial charge on any atom is -0.336 e. The molecule has 1 aromatic carbocycles. The molecule has 1 amide bonds. The third-order valence-corrected chi connectivity index (χ3v) is 5.04. The van der Waals surface area contributed by atoms with Crippen LogP contribution >= 0.6 is 22.9 Å². The molecule has 0 radical (unpaired) electrons. The van der Waals surface area contributed by atoms with Crippen LogP contribution in [0, 0.1) is 6.92 Å². The number of carbonyl (C=O) groups is 1. The second kappa shape index (κ2) is 7.76. The number of carbonyl (C=O) groups excluding carboxylic acids is 1. The van der Waals surface area contributed by atoms with Gasteiger partial charge in [0.1, 0.15) is 6.54 Å². The summed E-state index contributed by atoms with van der Waals surface area (Å²) in [5, 5.41) is 12.4. The summed E-state index contributed by atoms with van der Waals surface area (Å²) in [5.74, 6) is 0.472. The lowest BCUT2D eigenvalue weighted by Gasteiger charge is -2.19. The summed E-state index contributed by atoms with van der Waals surface area (Å²) in [7, 11) is 0. The molecule has 0 unspecified atom stereocenters. The number of aryl methyl sites for hydroxylation is 1. The van der Waals surface area contributed by atoms with Crippen molar-refractivity contribution in [1.29, 1.82) is 0 Å². The van der Waals surface area contributed by atoms with Gasteiger partial charge in [-0.1, -0.05) is 35.9 Å².